The monoisotopic (exact) mass is 490 g/mol. The minimum absolute atomic E-state index is 0.0994. The number of rotatable bonds is 8. The molecule has 3 N–H and O–H groups in total. The van der Waals surface area contributed by atoms with Crippen LogP contribution < -0.4 is 16.0 Å². The highest BCUT2D eigenvalue weighted by Gasteiger charge is 2.41. The van der Waals surface area contributed by atoms with E-state index >= 15 is 0 Å². The summed E-state index contributed by atoms with van der Waals surface area (Å²) in [6.45, 7) is 2.31. The van der Waals surface area contributed by atoms with E-state index in [2.05, 4.69) is 16.0 Å². The highest BCUT2D eigenvalue weighted by atomic mass is 16.2. The lowest BCUT2D eigenvalue weighted by Crippen LogP contribution is -2.57. The molecule has 0 aromatic heterocycles. The molecular formula is C29H38N4O3. The van der Waals surface area contributed by atoms with Gasteiger partial charge in [0.1, 0.15) is 12.1 Å². The molecule has 2 fully saturated rings. The van der Waals surface area contributed by atoms with Crippen molar-refractivity contribution in [1.82, 2.24) is 15.5 Å². The highest BCUT2D eigenvalue weighted by Crippen LogP contribution is 2.31. The van der Waals surface area contributed by atoms with E-state index in [9.17, 15) is 14.4 Å². The molecule has 0 spiro atoms. The summed E-state index contributed by atoms with van der Waals surface area (Å²) in [5.74, 6) is -0.394. The van der Waals surface area contributed by atoms with Crippen LogP contribution in [0.4, 0.5) is 5.69 Å². The number of hydrogen-bond acceptors (Lipinski definition) is 4. The lowest BCUT2D eigenvalue weighted by molar-refractivity contribution is -0.142. The minimum Gasteiger partial charge on any atom is -0.343 e. The number of nitrogens with one attached hydrogen (secondary N) is 3. The Balaban J connectivity index is 1.52. The summed E-state index contributed by atoms with van der Waals surface area (Å²) in [5, 5.41) is 9.08. The first kappa shape index (κ1) is 25.9. The number of hydrogen-bond donors (Lipinski definition) is 3. The summed E-state index contributed by atoms with van der Waals surface area (Å²) in [7, 11) is 1.73. The first-order valence-electron chi connectivity index (χ1n) is 13.2. The van der Waals surface area contributed by atoms with E-state index in [4.69, 9.17) is 0 Å². The van der Waals surface area contributed by atoms with Crippen molar-refractivity contribution < 1.29 is 14.4 Å². The van der Waals surface area contributed by atoms with Gasteiger partial charge in [-0.1, -0.05) is 67.8 Å². The molecule has 0 radical (unpaired) electrons. The summed E-state index contributed by atoms with van der Waals surface area (Å²) >= 11 is 0. The molecule has 7 nitrogen and oxygen atoms in total. The fourth-order valence-corrected chi connectivity index (χ4v) is 5.42. The van der Waals surface area contributed by atoms with Gasteiger partial charge >= 0.3 is 0 Å². The summed E-state index contributed by atoms with van der Waals surface area (Å²) in [6, 6.07) is 16.1. The van der Waals surface area contributed by atoms with E-state index < -0.39 is 18.1 Å². The largest absolute Gasteiger partial charge is 0.343 e. The van der Waals surface area contributed by atoms with Gasteiger partial charge < -0.3 is 20.9 Å². The second-order valence-corrected chi connectivity index (χ2v) is 9.99. The van der Waals surface area contributed by atoms with Gasteiger partial charge in [-0.05, 0) is 57.2 Å². The van der Waals surface area contributed by atoms with Crippen LogP contribution in [0.25, 0.3) is 11.1 Å². The molecule has 4 rings (SSSR count). The van der Waals surface area contributed by atoms with Gasteiger partial charge in [-0.3, -0.25) is 14.4 Å². The standard InChI is InChI=1S/C29H38N4O3/c1-20(30-2)27(34)32-26(22-14-7-4-8-15-22)29(36)33-19-11-18-25(33)28(35)31-24-17-10-9-16-23(24)21-12-5-3-6-13-21/h3,5-6,9-10,12-13,16-17,20,22,25-26,30H,4,7-8,11,14-15,18-19H2,1-2H3,(H,31,35)(H,32,34)/t20-,25-,26-/m0/s1. The predicted molar refractivity (Wildman–Crippen MR) is 142 cm³/mol. The van der Waals surface area contributed by atoms with Gasteiger partial charge in [0, 0.05) is 17.8 Å². The Morgan fingerprint density at radius 2 is 1.58 bits per heavy atom. The second-order valence-electron chi connectivity index (χ2n) is 9.99. The van der Waals surface area contributed by atoms with Crippen molar-refractivity contribution in [2.75, 3.05) is 18.9 Å². The molecule has 192 valence electrons. The number of anilines is 1. The van der Waals surface area contributed by atoms with E-state index in [1.165, 1.54) is 0 Å². The van der Waals surface area contributed by atoms with Gasteiger partial charge in [0.15, 0.2) is 0 Å². The van der Waals surface area contributed by atoms with Gasteiger partial charge in [0.2, 0.25) is 17.7 Å². The maximum absolute atomic E-state index is 13.9. The minimum atomic E-state index is -0.599. The number of carbonyl (C=O) groups excluding carboxylic acids is 3. The molecule has 3 amide bonds. The maximum atomic E-state index is 13.9. The Hall–Kier alpha value is -3.19. The maximum Gasteiger partial charge on any atom is 0.247 e. The van der Waals surface area contributed by atoms with E-state index in [0.29, 0.717) is 13.0 Å². The van der Waals surface area contributed by atoms with Crippen LogP contribution in [0.1, 0.15) is 51.9 Å². The van der Waals surface area contributed by atoms with Crippen molar-refractivity contribution in [2.45, 2.75) is 70.0 Å². The molecule has 1 aliphatic heterocycles. The number of benzene rings is 2. The first-order chi connectivity index (χ1) is 17.5. The smallest absolute Gasteiger partial charge is 0.247 e. The van der Waals surface area contributed by atoms with Gasteiger partial charge in [-0.25, -0.2) is 0 Å². The van der Waals surface area contributed by atoms with Crippen molar-refractivity contribution in [3.8, 4) is 11.1 Å². The van der Waals surface area contributed by atoms with Crippen LogP contribution in [0.3, 0.4) is 0 Å². The van der Waals surface area contributed by atoms with Gasteiger partial charge in [-0.15, -0.1) is 0 Å². The molecule has 2 aromatic rings. The fraction of sp³-hybridized carbons (Fsp3) is 0.483. The quantitative estimate of drug-likeness (QED) is 0.523. The molecule has 1 heterocycles. The van der Waals surface area contributed by atoms with E-state index in [0.717, 1.165) is 55.3 Å². The van der Waals surface area contributed by atoms with Gasteiger partial charge in [-0.2, -0.15) is 0 Å². The van der Waals surface area contributed by atoms with Crippen LogP contribution in [-0.2, 0) is 14.4 Å². The zero-order chi connectivity index (χ0) is 25.5. The van der Waals surface area contributed by atoms with Crippen molar-refractivity contribution in [3.63, 3.8) is 0 Å². The van der Waals surface area contributed by atoms with E-state index in [1.54, 1.807) is 18.9 Å². The SMILES string of the molecule is CN[C@@H](C)C(=O)N[C@H](C(=O)N1CCC[C@H]1C(=O)Nc1ccccc1-c1ccccc1)C1CCCCC1. The Morgan fingerprint density at radius 3 is 2.31 bits per heavy atom. The normalized spacial score (nSPS) is 19.9. The van der Waals surface area contributed by atoms with Crippen LogP contribution in [0.2, 0.25) is 0 Å². The Kier molecular flexibility index (Phi) is 8.75. The molecule has 36 heavy (non-hydrogen) atoms. The third-order valence-corrected chi connectivity index (χ3v) is 7.62. The number of amides is 3. The zero-order valence-electron chi connectivity index (χ0n) is 21.3. The van der Waals surface area contributed by atoms with Crippen molar-refractivity contribution in [1.29, 1.82) is 0 Å². The van der Waals surface area contributed by atoms with E-state index in [-0.39, 0.29) is 23.6 Å². The molecular weight excluding hydrogens is 452 g/mol. The summed E-state index contributed by atoms with van der Waals surface area (Å²) in [5.41, 5.74) is 2.69. The average Bonchev–Trinajstić information content (AvgIpc) is 3.42. The summed E-state index contributed by atoms with van der Waals surface area (Å²) in [6.07, 6.45) is 6.50. The van der Waals surface area contributed by atoms with Crippen LogP contribution in [-0.4, -0.2) is 54.3 Å². The zero-order valence-corrected chi connectivity index (χ0v) is 21.3. The summed E-state index contributed by atoms with van der Waals surface area (Å²) in [4.78, 5) is 41.8. The lowest BCUT2D eigenvalue weighted by atomic mass is 9.83. The number of para-hydroxylation sites is 1. The number of nitrogens with zero attached hydrogens (tertiary/aromatic N) is 1. The number of likely N-dealkylation sites (N-methyl/N-ethyl adjacent to an activating group) is 1. The molecule has 3 atom stereocenters. The summed E-state index contributed by atoms with van der Waals surface area (Å²) < 4.78 is 0. The van der Waals surface area contributed by atoms with Crippen molar-refractivity contribution in [3.05, 3.63) is 54.6 Å². The highest BCUT2D eigenvalue weighted by molar-refractivity contribution is 6.01. The van der Waals surface area contributed by atoms with Crippen LogP contribution in [0, 0.1) is 5.92 Å². The third-order valence-electron chi connectivity index (χ3n) is 7.62. The Morgan fingerprint density at radius 1 is 0.889 bits per heavy atom. The number of likely N-dealkylation sites (tertiary alicyclic amines) is 1. The Bertz CT molecular complexity index is 1050. The molecule has 1 saturated heterocycles. The third kappa shape index (κ3) is 5.95. The lowest BCUT2D eigenvalue weighted by Gasteiger charge is -2.35. The molecule has 1 saturated carbocycles. The molecule has 1 aliphatic carbocycles. The predicted octanol–water partition coefficient (Wildman–Crippen LogP) is 3.96. The Labute approximate surface area is 214 Å². The van der Waals surface area contributed by atoms with Crippen LogP contribution in [0.15, 0.2) is 54.6 Å². The topological polar surface area (TPSA) is 90.5 Å². The fourth-order valence-electron chi connectivity index (χ4n) is 5.42. The first-order valence-corrected chi connectivity index (χ1v) is 13.2. The molecule has 7 heteroatoms. The van der Waals surface area contributed by atoms with Crippen LogP contribution in [0.5, 0.6) is 0 Å². The van der Waals surface area contributed by atoms with Crippen molar-refractivity contribution in [2.24, 2.45) is 5.92 Å². The van der Waals surface area contributed by atoms with Gasteiger partial charge in [0.05, 0.1) is 6.04 Å². The average molecular weight is 491 g/mol. The molecule has 2 aliphatic rings. The van der Waals surface area contributed by atoms with E-state index in [1.807, 2.05) is 54.6 Å². The molecule has 0 unspecified atom stereocenters. The van der Waals surface area contributed by atoms with Crippen molar-refractivity contribution >= 4 is 23.4 Å². The van der Waals surface area contributed by atoms with Gasteiger partial charge in [0.25, 0.3) is 0 Å². The number of carbonyl (C=O) groups is 3. The molecule has 0 bridgehead atoms. The molecule has 2 aromatic carbocycles. The second kappa shape index (κ2) is 12.2. The van der Waals surface area contributed by atoms with Crippen LogP contribution >= 0.6 is 0 Å².